The molecule has 0 radical (unpaired) electrons. The van der Waals surface area contributed by atoms with E-state index in [9.17, 15) is 19.0 Å². The van der Waals surface area contributed by atoms with Crippen molar-refractivity contribution in [2.24, 2.45) is 0 Å². The Bertz CT molecular complexity index is 619. The smallest absolute Gasteiger partial charge is 0.356 e. The molecule has 0 spiro atoms. The molecule has 0 heterocycles. The Labute approximate surface area is 233 Å². The lowest BCUT2D eigenvalue weighted by Crippen LogP contribution is -2.37. The van der Waals surface area contributed by atoms with Crippen molar-refractivity contribution in [2.75, 3.05) is 58.4 Å². The number of phosphoric ester groups is 1. The summed E-state index contributed by atoms with van der Waals surface area (Å²) < 4.78 is 23.0. The number of quaternary nitrogens is 1. The second-order valence-electron chi connectivity index (χ2n) is 10.3. The van der Waals surface area contributed by atoms with E-state index in [0.29, 0.717) is 35.0 Å². The third kappa shape index (κ3) is 26.8. The average molecular weight is 649 g/mol. The number of likely N-dealkylation sites (N-methyl/N-ethyl adjacent to an activating group) is 1. The van der Waals surface area contributed by atoms with Gasteiger partial charge in [0.1, 0.15) is 13.2 Å². The summed E-state index contributed by atoms with van der Waals surface area (Å²) >= 11 is 2.03. The van der Waals surface area contributed by atoms with Crippen LogP contribution >= 0.6 is 30.4 Å². The second-order valence-corrected chi connectivity index (χ2v) is 12.5. The van der Waals surface area contributed by atoms with E-state index in [1.807, 2.05) is 43.7 Å². The number of rotatable bonds is 25. The van der Waals surface area contributed by atoms with Gasteiger partial charge in [-0.05, 0) is 19.3 Å². The maximum Gasteiger partial charge on any atom is 0.472 e. The SMILES string of the molecule is C[N+](C)(C)CCOP(=O)(O)OCCCCCCCCCCCCCCC(=O)NCCCNC(=O)CI. The highest BCUT2D eigenvalue weighted by molar-refractivity contribution is 14.1. The first-order valence-electron chi connectivity index (χ1n) is 13.6. The number of carbonyl (C=O) groups is 2. The van der Waals surface area contributed by atoms with Crippen LogP contribution in [0.15, 0.2) is 0 Å². The molecule has 1 unspecified atom stereocenters. The van der Waals surface area contributed by atoms with Crippen LogP contribution in [-0.2, 0) is 23.2 Å². The predicted molar refractivity (Wildman–Crippen MR) is 154 cm³/mol. The zero-order valence-corrected chi connectivity index (χ0v) is 26.0. The van der Waals surface area contributed by atoms with E-state index < -0.39 is 7.82 Å². The van der Waals surface area contributed by atoms with E-state index in [2.05, 4.69) is 10.6 Å². The molecular weight excluding hydrogens is 596 g/mol. The third-order valence-electron chi connectivity index (χ3n) is 5.69. The van der Waals surface area contributed by atoms with Crippen LogP contribution in [0.2, 0.25) is 0 Å². The Morgan fingerprint density at radius 2 is 1.17 bits per heavy atom. The van der Waals surface area contributed by atoms with Crippen LogP contribution in [0.25, 0.3) is 0 Å². The van der Waals surface area contributed by atoms with Crippen LogP contribution in [0.3, 0.4) is 0 Å². The van der Waals surface area contributed by atoms with Gasteiger partial charge in [0.05, 0.1) is 32.2 Å². The number of unbranched alkanes of at least 4 members (excludes halogenated alkanes) is 11. The summed E-state index contributed by atoms with van der Waals surface area (Å²) in [5, 5.41) is 5.70. The third-order valence-corrected chi connectivity index (χ3v) is 7.40. The van der Waals surface area contributed by atoms with E-state index in [1.165, 1.54) is 44.9 Å². The number of hydrogen-bond acceptors (Lipinski definition) is 5. The average Bonchev–Trinajstić information content (AvgIpc) is 2.80. The van der Waals surface area contributed by atoms with Crippen molar-refractivity contribution in [1.29, 1.82) is 0 Å². The molecule has 9 nitrogen and oxygen atoms in total. The van der Waals surface area contributed by atoms with Gasteiger partial charge in [0, 0.05) is 19.5 Å². The molecule has 0 saturated heterocycles. The van der Waals surface area contributed by atoms with Gasteiger partial charge in [0.15, 0.2) is 0 Å². The van der Waals surface area contributed by atoms with Crippen molar-refractivity contribution in [1.82, 2.24) is 10.6 Å². The standard InChI is InChI=1S/C25H51IN3O6P/c1-29(2,3)20-22-35-36(32,33)34-21-15-13-11-9-7-5-4-6-8-10-12-14-17-24(30)27-18-16-19-28-25(31)23-26/h4-23H2,1-3H3,(H2-,27,28,30,31,32,33)/p+1. The summed E-state index contributed by atoms with van der Waals surface area (Å²) in [7, 11) is 2.08. The van der Waals surface area contributed by atoms with Crippen molar-refractivity contribution >= 4 is 42.2 Å². The summed E-state index contributed by atoms with van der Waals surface area (Å²) in [5.74, 6) is 0.145. The molecule has 2 amide bonds. The van der Waals surface area contributed by atoms with Crippen LogP contribution in [0, 0.1) is 0 Å². The molecule has 0 aliphatic rings. The lowest BCUT2D eigenvalue weighted by molar-refractivity contribution is -0.870. The number of halogens is 1. The number of carbonyl (C=O) groups excluding carboxylic acids is 2. The number of hydrogen-bond donors (Lipinski definition) is 3. The summed E-state index contributed by atoms with van der Waals surface area (Å²) in [5.41, 5.74) is 0. The molecule has 0 saturated carbocycles. The van der Waals surface area contributed by atoms with Crippen molar-refractivity contribution < 1.29 is 32.6 Å². The van der Waals surface area contributed by atoms with Crippen LogP contribution in [-0.4, -0.2) is 79.6 Å². The zero-order chi connectivity index (χ0) is 27.1. The first-order valence-corrected chi connectivity index (χ1v) is 16.6. The molecule has 0 bridgehead atoms. The minimum Gasteiger partial charge on any atom is -0.356 e. The predicted octanol–water partition coefficient (Wildman–Crippen LogP) is 4.96. The zero-order valence-electron chi connectivity index (χ0n) is 22.9. The lowest BCUT2D eigenvalue weighted by Gasteiger charge is -2.24. The maximum absolute atomic E-state index is 11.8. The lowest BCUT2D eigenvalue weighted by atomic mass is 10.0. The van der Waals surface area contributed by atoms with Gasteiger partial charge < -0.3 is 20.0 Å². The van der Waals surface area contributed by atoms with Crippen molar-refractivity contribution in [3.8, 4) is 0 Å². The first-order chi connectivity index (χ1) is 17.1. The van der Waals surface area contributed by atoms with Crippen molar-refractivity contribution in [2.45, 2.75) is 89.9 Å². The van der Waals surface area contributed by atoms with Crippen LogP contribution in [0.1, 0.15) is 89.9 Å². The fraction of sp³-hybridized carbons (Fsp3) is 0.920. The van der Waals surface area contributed by atoms with Crippen LogP contribution in [0.5, 0.6) is 0 Å². The summed E-state index contributed by atoms with van der Waals surface area (Å²) in [6.07, 6.45) is 14.9. The topological polar surface area (TPSA) is 114 Å². The molecule has 0 aromatic heterocycles. The summed E-state index contributed by atoms with van der Waals surface area (Å²) in [6.45, 7) is 2.34. The van der Waals surface area contributed by atoms with Crippen molar-refractivity contribution in [3.63, 3.8) is 0 Å². The van der Waals surface area contributed by atoms with E-state index in [-0.39, 0.29) is 25.0 Å². The molecule has 0 rings (SSSR count). The van der Waals surface area contributed by atoms with E-state index in [1.54, 1.807) is 0 Å². The monoisotopic (exact) mass is 648 g/mol. The van der Waals surface area contributed by atoms with Crippen molar-refractivity contribution in [3.05, 3.63) is 0 Å². The van der Waals surface area contributed by atoms with E-state index >= 15 is 0 Å². The molecule has 3 N–H and O–H groups in total. The van der Waals surface area contributed by atoms with Crippen LogP contribution < -0.4 is 10.6 Å². The number of alkyl halides is 1. The normalized spacial score (nSPS) is 13.4. The van der Waals surface area contributed by atoms with Gasteiger partial charge in [-0.1, -0.05) is 86.8 Å². The molecule has 0 aromatic rings. The van der Waals surface area contributed by atoms with Gasteiger partial charge >= 0.3 is 7.82 Å². The molecule has 0 aromatic carbocycles. The molecular formula is C25H52IN3O6P+. The molecule has 0 aliphatic heterocycles. The molecule has 1 atom stereocenters. The van der Waals surface area contributed by atoms with E-state index in [4.69, 9.17) is 9.05 Å². The van der Waals surface area contributed by atoms with Gasteiger partial charge in [-0.2, -0.15) is 0 Å². The second kappa shape index (κ2) is 22.7. The minimum absolute atomic E-state index is 0.0372. The molecule has 214 valence electrons. The Hall–Kier alpha value is -0.260. The maximum atomic E-state index is 11.8. The van der Waals surface area contributed by atoms with Gasteiger partial charge in [0.2, 0.25) is 11.8 Å². The Morgan fingerprint density at radius 1 is 0.722 bits per heavy atom. The van der Waals surface area contributed by atoms with Gasteiger partial charge in [0.25, 0.3) is 0 Å². The van der Waals surface area contributed by atoms with Gasteiger partial charge in [-0.3, -0.25) is 18.6 Å². The molecule has 0 fully saturated rings. The van der Waals surface area contributed by atoms with Gasteiger partial charge in [-0.15, -0.1) is 0 Å². The number of nitrogens with zero attached hydrogens (tertiary/aromatic N) is 1. The highest BCUT2D eigenvalue weighted by Gasteiger charge is 2.21. The Morgan fingerprint density at radius 3 is 1.67 bits per heavy atom. The highest BCUT2D eigenvalue weighted by Crippen LogP contribution is 2.43. The highest BCUT2D eigenvalue weighted by atomic mass is 127. The Kier molecular flexibility index (Phi) is 22.5. The molecule has 0 aliphatic carbocycles. The fourth-order valence-corrected chi connectivity index (χ4v) is 4.50. The van der Waals surface area contributed by atoms with E-state index in [0.717, 1.165) is 38.5 Å². The first kappa shape index (κ1) is 35.7. The Balaban J connectivity index is 3.35. The largest absolute Gasteiger partial charge is 0.472 e. The summed E-state index contributed by atoms with van der Waals surface area (Å²) in [6, 6.07) is 0. The number of phosphoric acid groups is 1. The summed E-state index contributed by atoms with van der Waals surface area (Å²) in [4.78, 5) is 32.6. The minimum atomic E-state index is -3.92. The fourth-order valence-electron chi connectivity index (χ4n) is 3.48. The molecule has 11 heteroatoms. The quantitative estimate of drug-likeness (QED) is 0.0425. The molecule has 36 heavy (non-hydrogen) atoms. The van der Waals surface area contributed by atoms with Crippen LogP contribution in [0.4, 0.5) is 0 Å². The van der Waals surface area contributed by atoms with Gasteiger partial charge in [-0.25, -0.2) is 4.57 Å². The number of nitrogens with one attached hydrogen (secondary N) is 2. The number of amides is 2.